The maximum atomic E-state index is 13.9. The molecule has 0 unspecified atom stereocenters. The Bertz CT molecular complexity index is 975. The van der Waals surface area contributed by atoms with E-state index in [4.69, 9.17) is 4.74 Å². The van der Waals surface area contributed by atoms with Crippen molar-refractivity contribution >= 4 is 27.6 Å². The quantitative estimate of drug-likeness (QED) is 0.561. The van der Waals surface area contributed by atoms with Crippen LogP contribution in [0.25, 0.3) is 0 Å². The van der Waals surface area contributed by atoms with Gasteiger partial charge in [0.25, 0.3) is 0 Å². The zero-order valence-corrected chi connectivity index (χ0v) is 21.2. The third kappa shape index (κ3) is 4.68. The highest BCUT2D eigenvalue weighted by molar-refractivity contribution is 7.89. The molecule has 0 aromatic carbocycles. The normalized spacial score (nSPS) is 36.7. The summed E-state index contributed by atoms with van der Waals surface area (Å²) < 4.78 is 31.5. The van der Waals surface area contributed by atoms with Crippen LogP contribution in [0.3, 0.4) is 0 Å². The summed E-state index contributed by atoms with van der Waals surface area (Å²) in [5, 5.41) is 3.13. The molecule has 0 aromatic heterocycles. The van der Waals surface area contributed by atoms with Crippen LogP contribution in [0.2, 0.25) is 0 Å². The van der Waals surface area contributed by atoms with Crippen LogP contribution in [0, 0.1) is 16.7 Å². The monoisotopic (exact) mass is 495 g/mol. The van der Waals surface area contributed by atoms with E-state index in [1.54, 1.807) is 19.1 Å². The fourth-order valence-corrected chi connectivity index (χ4v) is 6.70. The zero-order chi connectivity index (χ0) is 24.7. The third-order valence-corrected chi connectivity index (χ3v) is 8.85. The second-order valence-corrected chi connectivity index (χ2v) is 12.3. The first-order valence-corrected chi connectivity index (χ1v) is 14.2. The lowest BCUT2D eigenvalue weighted by Crippen LogP contribution is -2.52. The fourth-order valence-electron chi connectivity index (χ4n) is 6.16. The molecule has 2 aliphatic carbocycles. The van der Waals surface area contributed by atoms with Gasteiger partial charge in [-0.2, -0.15) is 0 Å². The first kappa shape index (κ1) is 25.3. The summed E-state index contributed by atoms with van der Waals surface area (Å²) in [6, 6.07) is -1.03. The Kier molecular flexibility index (Phi) is 6.96. The SMILES string of the molecule is CN[C@H]1CCCCC/C=C\[C@@H]2C[C@@]2(C(=O)NS(C)(=O)=O)CC(=O)[C@H]2N(C[C@H](OC)C23CC3)C1=O. The highest BCUT2D eigenvalue weighted by Crippen LogP contribution is 2.61. The molecule has 0 bridgehead atoms. The van der Waals surface area contributed by atoms with Gasteiger partial charge in [0.2, 0.25) is 21.8 Å². The lowest BCUT2D eigenvalue weighted by atomic mass is 9.85. The van der Waals surface area contributed by atoms with Crippen LogP contribution in [0.4, 0.5) is 0 Å². The molecular weight excluding hydrogens is 458 g/mol. The summed E-state index contributed by atoms with van der Waals surface area (Å²) in [6.45, 7) is 0.357. The Balaban J connectivity index is 1.68. The van der Waals surface area contributed by atoms with Crippen LogP contribution in [-0.2, 0) is 29.1 Å². The number of carbonyl (C=O) groups excluding carboxylic acids is 3. The van der Waals surface area contributed by atoms with Crippen molar-refractivity contribution in [3.05, 3.63) is 12.2 Å². The maximum absolute atomic E-state index is 13.9. The van der Waals surface area contributed by atoms with Gasteiger partial charge in [-0.1, -0.05) is 25.0 Å². The summed E-state index contributed by atoms with van der Waals surface area (Å²) >= 11 is 0. The Morgan fingerprint density at radius 3 is 2.56 bits per heavy atom. The Hall–Kier alpha value is -1.78. The number of likely N-dealkylation sites (N-methyl/N-ethyl adjacent to an activating group) is 1. The second kappa shape index (κ2) is 9.35. The minimum absolute atomic E-state index is 0.0831. The summed E-state index contributed by atoms with van der Waals surface area (Å²) in [4.78, 5) is 42.2. The topological polar surface area (TPSA) is 122 Å². The predicted octanol–water partition coefficient (Wildman–Crippen LogP) is 1.14. The number of ether oxygens (including phenoxy) is 1. The van der Waals surface area contributed by atoms with Crippen LogP contribution in [-0.4, -0.2) is 76.1 Å². The molecule has 4 aliphatic rings. The van der Waals surface area contributed by atoms with Crippen LogP contribution >= 0.6 is 0 Å². The molecule has 3 fully saturated rings. The largest absolute Gasteiger partial charge is 0.379 e. The first-order chi connectivity index (χ1) is 16.1. The number of methoxy groups -OCH3 is 1. The van der Waals surface area contributed by atoms with E-state index in [2.05, 4.69) is 10.0 Å². The van der Waals surface area contributed by atoms with Crippen LogP contribution in [0.5, 0.6) is 0 Å². The summed E-state index contributed by atoms with van der Waals surface area (Å²) in [5.41, 5.74) is -1.50. The summed E-state index contributed by atoms with van der Waals surface area (Å²) in [7, 11) is -0.370. The minimum atomic E-state index is -3.76. The van der Waals surface area contributed by atoms with Gasteiger partial charge in [0.15, 0.2) is 5.78 Å². The van der Waals surface area contributed by atoms with Crippen molar-refractivity contribution in [2.24, 2.45) is 16.7 Å². The van der Waals surface area contributed by atoms with E-state index in [9.17, 15) is 22.8 Å². The number of sulfonamides is 1. The van der Waals surface area contributed by atoms with Crippen molar-refractivity contribution < 1.29 is 27.5 Å². The highest BCUT2D eigenvalue weighted by atomic mass is 32.2. The molecule has 1 saturated heterocycles. The number of rotatable bonds is 4. The zero-order valence-electron chi connectivity index (χ0n) is 20.3. The van der Waals surface area contributed by atoms with E-state index in [-0.39, 0.29) is 36.2 Å². The molecular formula is C24H37N3O6S. The van der Waals surface area contributed by atoms with Crippen LogP contribution in [0.1, 0.15) is 57.8 Å². The number of allylic oxidation sites excluding steroid dienone is 2. The molecule has 2 amide bonds. The number of carbonyl (C=O) groups is 3. The first-order valence-electron chi connectivity index (χ1n) is 12.3. The number of hydrogen-bond acceptors (Lipinski definition) is 7. The van der Waals surface area contributed by atoms with Gasteiger partial charge in [0.05, 0.1) is 29.9 Å². The van der Waals surface area contributed by atoms with E-state index >= 15 is 0 Å². The minimum Gasteiger partial charge on any atom is -0.379 e. The molecule has 0 aromatic rings. The van der Waals surface area contributed by atoms with Crippen molar-refractivity contribution in [2.75, 3.05) is 27.0 Å². The molecule has 9 nitrogen and oxygen atoms in total. The van der Waals surface area contributed by atoms with E-state index in [1.807, 2.05) is 12.2 Å². The van der Waals surface area contributed by atoms with Gasteiger partial charge < -0.3 is 15.0 Å². The Morgan fingerprint density at radius 2 is 1.94 bits per heavy atom. The van der Waals surface area contributed by atoms with E-state index in [0.717, 1.165) is 44.8 Å². The number of nitrogens with one attached hydrogen (secondary N) is 2. The number of nitrogens with zero attached hydrogens (tertiary/aromatic N) is 1. The number of Topliss-reactive ketones (excluding diaryl/α,β-unsaturated/α-hetero) is 1. The summed E-state index contributed by atoms with van der Waals surface area (Å²) in [5.74, 6) is -1.08. The number of fused-ring (bicyclic) bond motifs is 3. The van der Waals surface area contributed by atoms with Gasteiger partial charge in [0.1, 0.15) is 0 Å². The van der Waals surface area contributed by atoms with Crippen LogP contribution in [0.15, 0.2) is 12.2 Å². The molecule has 2 aliphatic heterocycles. The Labute approximate surface area is 202 Å². The van der Waals surface area contributed by atoms with Crippen molar-refractivity contribution in [1.29, 1.82) is 0 Å². The molecule has 0 radical (unpaired) electrons. The van der Waals surface area contributed by atoms with Crippen molar-refractivity contribution in [3.63, 3.8) is 0 Å². The molecule has 2 heterocycles. The maximum Gasteiger partial charge on any atom is 0.240 e. The number of amides is 2. The van der Waals surface area contributed by atoms with Gasteiger partial charge in [-0.15, -0.1) is 0 Å². The third-order valence-electron chi connectivity index (χ3n) is 8.29. The van der Waals surface area contributed by atoms with E-state index in [1.165, 1.54) is 0 Å². The number of hydrogen-bond donors (Lipinski definition) is 2. The number of ketones is 1. The van der Waals surface area contributed by atoms with Gasteiger partial charge in [0, 0.05) is 25.5 Å². The molecule has 2 N–H and O–H groups in total. The van der Waals surface area contributed by atoms with Crippen molar-refractivity contribution in [3.8, 4) is 0 Å². The highest BCUT2D eigenvalue weighted by Gasteiger charge is 2.68. The van der Waals surface area contributed by atoms with Gasteiger partial charge in [-0.05, 0) is 51.5 Å². The van der Waals surface area contributed by atoms with Gasteiger partial charge >= 0.3 is 0 Å². The molecule has 190 valence electrons. The average Bonchev–Trinajstić information content (AvgIpc) is 3.65. The average molecular weight is 496 g/mol. The van der Waals surface area contributed by atoms with E-state index < -0.39 is 32.8 Å². The second-order valence-electron chi connectivity index (χ2n) is 10.6. The lowest BCUT2D eigenvalue weighted by Gasteiger charge is -2.31. The molecule has 4 rings (SSSR count). The van der Waals surface area contributed by atoms with Gasteiger partial charge in [-0.3, -0.25) is 19.1 Å². The van der Waals surface area contributed by atoms with E-state index in [0.29, 0.717) is 19.4 Å². The predicted molar refractivity (Wildman–Crippen MR) is 126 cm³/mol. The van der Waals surface area contributed by atoms with Crippen molar-refractivity contribution in [1.82, 2.24) is 14.9 Å². The van der Waals surface area contributed by atoms with Crippen LogP contribution < -0.4 is 10.0 Å². The van der Waals surface area contributed by atoms with Gasteiger partial charge in [-0.25, -0.2) is 8.42 Å². The summed E-state index contributed by atoms with van der Waals surface area (Å²) in [6.07, 6.45) is 11.1. The molecule has 10 heteroatoms. The molecule has 34 heavy (non-hydrogen) atoms. The van der Waals surface area contributed by atoms with Crippen molar-refractivity contribution in [2.45, 2.75) is 76.0 Å². The molecule has 1 spiro atoms. The molecule has 2 saturated carbocycles. The standard InChI is InChI=1S/C24H37N3O6S/c1-25-17-10-8-6-4-5-7-9-16-13-24(16,22(30)26-34(3,31)32)14-18(28)20-23(11-12-23)19(33-2)15-27(20)21(17)29/h7,9,16-17,19-20,25H,4-6,8,10-15H2,1-3H3,(H,26,30)/b9-7-/t16-,17+,19+,20-,24-/m1/s1. The molecule has 5 atom stereocenters. The lowest BCUT2D eigenvalue weighted by molar-refractivity contribution is -0.141. The smallest absolute Gasteiger partial charge is 0.240 e. The Morgan fingerprint density at radius 1 is 1.21 bits per heavy atom. The fraction of sp³-hybridized carbons (Fsp3) is 0.792.